The predicted octanol–water partition coefficient (Wildman–Crippen LogP) is 7.45. The Morgan fingerprint density at radius 2 is 1.10 bits per heavy atom. The van der Waals surface area contributed by atoms with Gasteiger partial charge in [0.2, 0.25) is 0 Å². The highest BCUT2D eigenvalue weighted by Gasteiger charge is 2.54. The number of allylic oxidation sites excluding steroid dienone is 4. The lowest BCUT2D eigenvalue weighted by Crippen LogP contribution is -2.67. The van der Waals surface area contributed by atoms with E-state index in [0.717, 1.165) is 0 Å². The van der Waals surface area contributed by atoms with Crippen molar-refractivity contribution in [2.24, 2.45) is 11.8 Å². The first-order valence-corrected chi connectivity index (χ1v) is 20.1. The summed E-state index contributed by atoms with van der Waals surface area (Å²) in [6.07, 6.45) is 12.7. The van der Waals surface area contributed by atoms with E-state index in [-0.39, 0.29) is 11.1 Å². The first kappa shape index (κ1) is 37.8. The van der Waals surface area contributed by atoms with Gasteiger partial charge in [-0.1, -0.05) is 61.9 Å². The Balaban J connectivity index is 1.49. The Bertz CT molecular complexity index is 2350. The molecule has 1 saturated carbocycles. The van der Waals surface area contributed by atoms with E-state index in [1.165, 1.54) is 35.1 Å². The fraction of sp³-hybridized carbons (Fsp3) is 0.347. The monoisotopic (exact) mass is 671 g/mol. The lowest BCUT2D eigenvalue weighted by Gasteiger charge is -2.57. The van der Waals surface area contributed by atoms with Crippen LogP contribution in [0.2, 0.25) is 18.6 Å². The van der Waals surface area contributed by atoms with Gasteiger partial charge in [0.25, 0.3) is 0 Å². The molecule has 3 aliphatic carbocycles. The summed E-state index contributed by atoms with van der Waals surface area (Å²) >= 11 is 0. The fourth-order valence-electron chi connectivity index (χ4n) is 8.63. The van der Waals surface area contributed by atoms with E-state index in [4.69, 9.17) is 6.42 Å². The minimum atomic E-state index is -1.85. The fourth-order valence-corrected chi connectivity index (χ4v) is 14.6. The molecule has 1 fully saturated rings. The topological polar surface area (TPSA) is 3.24 Å². The van der Waals surface area contributed by atoms with Crippen molar-refractivity contribution in [2.75, 3.05) is 0 Å². The van der Waals surface area contributed by atoms with Gasteiger partial charge < -0.3 is 4.57 Å². The van der Waals surface area contributed by atoms with Crippen LogP contribution in [0.3, 0.4) is 0 Å². The lowest BCUT2D eigenvalue weighted by atomic mass is 9.75. The maximum atomic E-state index is 4.99. The largest absolute Gasteiger partial charge is 0.314 e. The van der Waals surface area contributed by atoms with Gasteiger partial charge in [-0.25, -0.2) is 0 Å². The second kappa shape index (κ2) is 16.2. The second-order valence-electron chi connectivity index (χ2n) is 15.2. The predicted molar refractivity (Wildman–Crippen MR) is 215 cm³/mol. The van der Waals surface area contributed by atoms with Crippen LogP contribution in [-0.4, -0.2) is 23.9 Å². The van der Waals surface area contributed by atoms with Gasteiger partial charge in [0.1, 0.15) is 8.24 Å². The van der Waals surface area contributed by atoms with Gasteiger partial charge in [0.05, 0.1) is 5.41 Å². The van der Waals surface area contributed by atoms with E-state index in [1.807, 2.05) is 0 Å². The molecule has 4 rings (SSSR count). The maximum absolute atomic E-state index is 4.99. The summed E-state index contributed by atoms with van der Waals surface area (Å²) in [5.74, 6) is 56.6. The molecule has 246 valence electrons. The van der Waals surface area contributed by atoms with E-state index < -0.39 is 13.7 Å². The van der Waals surface area contributed by atoms with Crippen LogP contribution in [0.15, 0.2) is 42.0 Å². The zero-order valence-electron chi connectivity index (χ0n) is 31.1. The summed E-state index contributed by atoms with van der Waals surface area (Å²) in [6.45, 7) is 21.8. The van der Waals surface area contributed by atoms with Crippen molar-refractivity contribution in [1.82, 2.24) is 4.57 Å². The molecule has 3 aliphatic rings. The van der Waals surface area contributed by atoms with Crippen LogP contribution in [-0.2, 0) is 5.41 Å². The van der Waals surface area contributed by atoms with E-state index >= 15 is 0 Å². The molecule has 0 saturated heterocycles. The average Bonchev–Trinajstić information content (AvgIpc) is 3.59. The molecular weight excluding hydrogens is 631 g/mol. The van der Waals surface area contributed by atoms with Gasteiger partial charge in [0.15, 0.2) is 0 Å². The van der Waals surface area contributed by atoms with E-state index in [1.54, 1.807) is 0 Å². The van der Waals surface area contributed by atoms with Crippen LogP contribution >= 0.6 is 0 Å². The molecule has 2 heteroatoms. The summed E-state index contributed by atoms with van der Waals surface area (Å²) in [5.41, 5.74) is 5.71. The number of terminal acetylenes is 1. The molecule has 0 N–H and O–H groups in total. The molecule has 4 unspecified atom stereocenters. The van der Waals surface area contributed by atoms with Crippen LogP contribution < -0.4 is 0 Å². The van der Waals surface area contributed by atoms with Crippen LogP contribution in [0.1, 0.15) is 72.4 Å². The molecule has 0 bridgehead atoms. The van der Waals surface area contributed by atoms with E-state index in [2.05, 4.69) is 227 Å². The Kier molecular flexibility index (Phi) is 12.0. The highest BCUT2D eigenvalue weighted by molar-refractivity contribution is 6.76. The van der Waals surface area contributed by atoms with Crippen molar-refractivity contribution < 1.29 is 0 Å². The Hall–Kier alpha value is -5.96. The summed E-state index contributed by atoms with van der Waals surface area (Å²) in [7, 11) is -1.85. The second-order valence-corrected chi connectivity index (χ2v) is 19.7. The number of hydrogen-bond donors (Lipinski definition) is 0. The van der Waals surface area contributed by atoms with Crippen molar-refractivity contribution >= 4 is 13.8 Å². The van der Waals surface area contributed by atoms with Gasteiger partial charge >= 0.3 is 0 Å². The van der Waals surface area contributed by atoms with Gasteiger partial charge in [-0.2, -0.15) is 0 Å². The third kappa shape index (κ3) is 8.99. The van der Waals surface area contributed by atoms with Gasteiger partial charge in [-0.3, -0.25) is 0 Å². The quantitative estimate of drug-likeness (QED) is 0.233. The zero-order chi connectivity index (χ0) is 37.1. The van der Waals surface area contributed by atoms with Crippen molar-refractivity contribution in [3.63, 3.8) is 0 Å². The molecular formula is C49H41NSi. The zero-order valence-corrected chi connectivity index (χ0v) is 32.1. The summed E-state index contributed by atoms with van der Waals surface area (Å²) in [5, 5.41) is 0. The van der Waals surface area contributed by atoms with Crippen LogP contribution in [0.4, 0.5) is 0 Å². The summed E-state index contributed by atoms with van der Waals surface area (Å²) in [4.78, 5) is 0. The Labute approximate surface area is 309 Å². The third-order valence-electron chi connectivity index (χ3n) is 9.43. The van der Waals surface area contributed by atoms with Crippen molar-refractivity contribution in [3.8, 4) is 131 Å². The number of nitrogens with zero attached hydrogens (tertiary/aromatic N) is 1. The molecule has 0 amide bonds. The molecule has 0 spiro atoms. The molecule has 4 atom stereocenters. The molecule has 1 nitrogen and oxygen atoms in total. The highest BCUT2D eigenvalue weighted by atomic mass is 28.3. The van der Waals surface area contributed by atoms with Crippen LogP contribution in [0, 0.1) is 143 Å². The van der Waals surface area contributed by atoms with Gasteiger partial charge in [-0.15, -0.1) is 6.42 Å². The van der Waals surface area contributed by atoms with Crippen LogP contribution in [0.5, 0.6) is 0 Å². The van der Waals surface area contributed by atoms with Crippen molar-refractivity contribution in [2.45, 2.75) is 96.4 Å². The van der Waals surface area contributed by atoms with Crippen molar-refractivity contribution in [3.05, 3.63) is 53.1 Å². The number of hydrogen-bond acceptors (Lipinski definition) is 1. The molecule has 0 radical (unpaired) electrons. The molecule has 51 heavy (non-hydrogen) atoms. The average molecular weight is 672 g/mol. The van der Waals surface area contributed by atoms with Crippen LogP contribution in [0.25, 0.3) is 5.57 Å². The summed E-state index contributed by atoms with van der Waals surface area (Å²) in [6, 6.07) is 8.75. The number of benzene rings is 1. The molecule has 0 heterocycles. The first-order chi connectivity index (χ1) is 24.2. The Morgan fingerprint density at radius 1 is 0.647 bits per heavy atom. The molecule has 1 aromatic carbocycles. The standard InChI is InChI=1S/C49H41NSi/c1-11-12-13-14-15-16-17-18-19-20-21-22-23-24-25-26-27-28-29-32-37-49(8)44-34-31-30-33-41(44)43-39-42-40(38-45(43)49)35-36-46(42)51(9,10)50(47(2,3)4)48(5,6)7/h1,30-31,33-34,38-40,42,46H,35-36H2,2-10H3. The Morgan fingerprint density at radius 3 is 1.57 bits per heavy atom. The van der Waals surface area contributed by atoms with E-state index in [0.29, 0.717) is 17.4 Å². The normalized spacial score (nSPS) is 20.0. The highest BCUT2D eigenvalue weighted by Crippen LogP contribution is 2.59. The van der Waals surface area contributed by atoms with Gasteiger partial charge in [0, 0.05) is 34.8 Å². The molecule has 0 aromatic heterocycles. The number of rotatable bonds is 2. The minimum absolute atomic E-state index is 0.105. The minimum Gasteiger partial charge on any atom is -0.314 e. The molecule has 0 aliphatic heterocycles. The van der Waals surface area contributed by atoms with Crippen molar-refractivity contribution in [1.29, 1.82) is 0 Å². The third-order valence-corrected chi connectivity index (χ3v) is 14.4. The first-order valence-electron chi connectivity index (χ1n) is 17.1. The number of fused-ring (bicyclic) bond motifs is 4. The van der Waals surface area contributed by atoms with Gasteiger partial charge in [-0.05, 0) is 189 Å². The molecule has 1 aromatic rings. The maximum Gasteiger partial charge on any atom is 0.126 e. The summed E-state index contributed by atoms with van der Waals surface area (Å²) < 4.78 is 2.89. The smallest absolute Gasteiger partial charge is 0.126 e. The lowest BCUT2D eigenvalue weighted by molar-refractivity contribution is 0.122. The van der Waals surface area contributed by atoms with E-state index in [9.17, 15) is 0 Å². The SMILES string of the molecule is C#CC#CC#CC#CC#CC#CC#CC#CC#CC#CC#CC1(C)C2=CC3CCC([Si](C)(C)N(C(C)(C)C)C(C)(C)C)C3C=C2c2ccccc21.